The monoisotopic (exact) mass is 1060 g/mol. The number of Topliss-reactive ketones (excluding diaryl/α,β-unsaturated/α-hetero) is 2. The number of nitrogens with one attached hydrogen (secondary N) is 1. The topological polar surface area (TPSA) is 193 Å². The van der Waals surface area contributed by atoms with Crippen LogP contribution in [0.3, 0.4) is 0 Å². The number of H-pyrrole nitrogens is 1. The molecule has 0 unspecified atom stereocenters. The molecule has 2 heterocycles. The Hall–Kier alpha value is -7.75. The molecule has 0 bridgehead atoms. The summed E-state index contributed by atoms with van der Waals surface area (Å²) in [6, 6.07) is 7.46. The highest BCUT2D eigenvalue weighted by Gasteiger charge is 2.74. The highest BCUT2D eigenvalue weighted by molar-refractivity contribution is 5.99. The van der Waals surface area contributed by atoms with Crippen molar-refractivity contribution in [1.29, 1.82) is 0 Å². The van der Waals surface area contributed by atoms with Gasteiger partial charge in [-0.25, -0.2) is 23.4 Å². The SMILES string of the molecule is CCc1cc(C(F)(C(F)(F)F)C(F)(F)F)cc(C)c1CC(=O)c1ccc(-n2cncn2)c([N+](=O)[O-])c1.CCc1cc(C(F)(C(F)(F)F)C(F)(F)F)cc(C)c1CC(=O)c1ccc(F)c([N+](=O)[O-])c1.c1nc[nH]n1. The van der Waals surface area contributed by atoms with Crippen LogP contribution < -0.4 is 0 Å². The number of benzene rings is 4. The molecule has 0 saturated heterocycles. The van der Waals surface area contributed by atoms with Gasteiger partial charge in [0.15, 0.2) is 11.6 Å². The molecule has 0 radical (unpaired) electrons. The maximum absolute atomic E-state index is 14.6. The zero-order valence-electron chi connectivity index (χ0n) is 37.7. The van der Waals surface area contributed by atoms with Gasteiger partial charge in [0, 0.05) is 47.2 Å². The Balaban J connectivity index is 0.000000290. The average Bonchev–Trinajstić information content (AvgIpc) is 4.07. The van der Waals surface area contributed by atoms with Crippen LogP contribution in [0.2, 0.25) is 0 Å². The van der Waals surface area contributed by atoms with Gasteiger partial charge in [0.25, 0.3) is 5.69 Å². The van der Waals surface area contributed by atoms with Crippen molar-refractivity contribution in [2.75, 3.05) is 0 Å². The second-order valence-electron chi connectivity index (χ2n) is 15.5. The Kier molecular flexibility index (Phi) is 17.4. The molecule has 0 fully saturated rings. The first kappa shape index (κ1) is 57.8. The molecule has 0 aliphatic heterocycles. The van der Waals surface area contributed by atoms with E-state index in [-0.39, 0.29) is 63.0 Å². The van der Waals surface area contributed by atoms with E-state index in [1.165, 1.54) is 45.0 Å². The summed E-state index contributed by atoms with van der Waals surface area (Å²) in [6.45, 7) is 5.09. The molecule has 392 valence electrons. The summed E-state index contributed by atoms with van der Waals surface area (Å²) >= 11 is 0. The Morgan fingerprint density at radius 1 is 0.603 bits per heavy atom. The van der Waals surface area contributed by atoms with E-state index in [0.717, 1.165) is 37.0 Å². The van der Waals surface area contributed by atoms with Crippen molar-refractivity contribution in [2.24, 2.45) is 0 Å². The number of carbonyl (C=O) groups is 2. The van der Waals surface area contributed by atoms with Crippen LogP contribution in [0.1, 0.15) is 79.1 Å². The van der Waals surface area contributed by atoms with Crippen LogP contribution in [0, 0.1) is 39.9 Å². The Morgan fingerprint density at radius 2 is 1.03 bits per heavy atom. The number of rotatable bonds is 13. The standard InChI is InChI=1S/C22H17F7N4O3.C20H15F8NO3.C2H3N3/c1-3-13-7-15(20(23,21(24,25)26)22(27,28)29)6-12(2)16(13)9-19(34)14-4-5-17(18(8-14)33(35)36)32-11-30-10-31-32;1-3-11-7-13(18(22,19(23,24)25)20(26,27)28)6-10(2)14(11)9-17(30)12-4-5-15(21)16(8-12)29(31)32;1-3-2-5-4-1/h4-8,10-11H,3,9H2,1-2H3;4-8H,3,9H2,1-2H3;1-2H,(H,3,4,5). The Labute approximate surface area is 400 Å². The van der Waals surface area contributed by atoms with Crippen LogP contribution in [-0.2, 0) is 37.0 Å². The first-order valence-corrected chi connectivity index (χ1v) is 20.5. The molecular weight excluding hydrogens is 1020 g/mol. The fraction of sp³-hybridized carbons (Fsp3) is 0.318. The lowest BCUT2D eigenvalue weighted by Crippen LogP contribution is -2.50. The molecule has 0 amide bonds. The minimum absolute atomic E-state index is 0.0161. The molecule has 4 aromatic carbocycles. The van der Waals surface area contributed by atoms with E-state index in [2.05, 4.69) is 25.3 Å². The van der Waals surface area contributed by atoms with Crippen LogP contribution in [0.4, 0.5) is 77.2 Å². The molecule has 6 aromatic rings. The first-order valence-electron chi connectivity index (χ1n) is 20.5. The summed E-state index contributed by atoms with van der Waals surface area (Å²) in [7, 11) is 0. The summed E-state index contributed by atoms with van der Waals surface area (Å²) in [5.41, 5.74) is -16.8. The Bertz CT molecular complexity index is 2910. The van der Waals surface area contributed by atoms with Crippen molar-refractivity contribution in [2.45, 2.75) is 89.4 Å². The van der Waals surface area contributed by atoms with E-state index >= 15 is 0 Å². The molecule has 0 atom stereocenters. The van der Waals surface area contributed by atoms with Crippen molar-refractivity contribution in [1.82, 2.24) is 29.9 Å². The van der Waals surface area contributed by atoms with E-state index in [0.29, 0.717) is 36.4 Å². The summed E-state index contributed by atoms with van der Waals surface area (Å²) in [5.74, 6) is -2.68. The van der Waals surface area contributed by atoms with Gasteiger partial charge in [-0.05, 0) is 84.3 Å². The lowest BCUT2D eigenvalue weighted by molar-refractivity contribution is -0.387. The van der Waals surface area contributed by atoms with Gasteiger partial charge in [0.05, 0.1) is 9.85 Å². The predicted octanol–water partition coefficient (Wildman–Crippen LogP) is 11.9. The van der Waals surface area contributed by atoms with E-state index in [1.807, 2.05) is 0 Å². The molecule has 6 rings (SSSR count). The van der Waals surface area contributed by atoms with Crippen LogP contribution in [-0.4, -0.2) is 76.1 Å². The number of hydrogen-bond acceptors (Lipinski definition) is 10. The maximum atomic E-state index is 14.6. The number of alkyl halides is 14. The number of hydrogen-bond donors (Lipinski definition) is 1. The van der Waals surface area contributed by atoms with Crippen LogP contribution in [0.5, 0.6) is 0 Å². The van der Waals surface area contributed by atoms with Crippen LogP contribution in [0.15, 0.2) is 86.0 Å². The molecule has 0 saturated carbocycles. The number of ketones is 2. The normalized spacial score (nSPS) is 12.3. The van der Waals surface area contributed by atoms with Crippen LogP contribution >= 0.6 is 0 Å². The molecule has 1 N–H and O–H groups in total. The minimum Gasteiger partial charge on any atom is -0.294 e. The van der Waals surface area contributed by atoms with Gasteiger partial charge in [0.2, 0.25) is 5.82 Å². The van der Waals surface area contributed by atoms with E-state index < -0.39 is 98.6 Å². The van der Waals surface area contributed by atoms with Gasteiger partial charge in [-0.2, -0.15) is 67.3 Å². The summed E-state index contributed by atoms with van der Waals surface area (Å²) < 4.78 is 201. The fourth-order valence-corrected chi connectivity index (χ4v) is 7.18. The molecule has 73 heavy (non-hydrogen) atoms. The number of aryl methyl sites for hydroxylation is 4. The summed E-state index contributed by atoms with van der Waals surface area (Å²) in [5, 5.41) is 32.1. The molecular formula is C44H35F15N8O6. The number of carbonyl (C=O) groups excluding carboxylic acids is 2. The number of halogens is 15. The number of aromatic amines is 1. The van der Waals surface area contributed by atoms with Crippen molar-refractivity contribution in [3.8, 4) is 5.69 Å². The van der Waals surface area contributed by atoms with Crippen molar-refractivity contribution < 1.29 is 85.3 Å². The lowest BCUT2D eigenvalue weighted by Gasteiger charge is -2.31. The zero-order chi connectivity index (χ0) is 55.2. The zero-order valence-corrected chi connectivity index (χ0v) is 37.7. The maximum Gasteiger partial charge on any atom is 0.435 e. The molecule has 2 aromatic heterocycles. The Morgan fingerprint density at radius 3 is 1.36 bits per heavy atom. The second-order valence-corrected chi connectivity index (χ2v) is 15.5. The predicted molar refractivity (Wildman–Crippen MR) is 224 cm³/mol. The third kappa shape index (κ3) is 12.3. The summed E-state index contributed by atoms with van der Waals surface area (Å²) in [4.78, 5) is 53.2. The first-order chi connectivity index (χ1) is 33.7. The van der Waals surface area contributed by atoms with E-state index in [1.54, 1.807) is 0 Å². The number of nitro benzene ring substituents is 2. The lowest BCUT2D eigenvalue weighted by atomic mass is 9.86. The van der Waals surface area contributed by atoms with Gasteiger partial charge in [-0.3, -0.25) is 34.9 Å². The molecule has 0 aliphatic rings. The van der Waals surface area contributed by atoms with Gasteiger partial charge in [-0.15, -0.1) is 0 Å². The third-order valence-electron chi connectivity index (χ3n) is 10.9. The van der Waals surface area contributed by atoms with Crippen LogP contribution in [0.25, 0.3) is 5.69 Å². The minimum atomic E-state index is -6.28. The van der Waals surface area contributed by atoms with Gasteiger partial charge >= 0.3 is 41.7 Å². The highest BCUT2D eigenvalue weighted by Crippen LogP contribution is 2.55. The quantitative estimate of drug-likeness (QED) is 0.0503. The smallest absolute Gasteiger partial charge is 0.294 e. The number of aromatic nitrogens is 6. The third-order valence-corrected chi connectivity index (χ3v) is 10.9. The van der Waals surface area contributed by atoms with Gasteiger partial charge < -0.3 is 0 Å². The van der Waals surface area contributed by atoms with Crippen molar-refractivity contribution in [3.63, 3.8) is 0 Å². The van der Waals surface area contributed by atoms with E-state index in [4.69, 9.17) is 0 Å². The fourth-order valence-electron chi connectivity index (χ4n) is 7.18. The van der Waals surface area contributed by atoms with Crippen molar-refractivity contribution >= 4 is 22.9 Å². The largest absolute Gasteiger partial charge is 0.435 e. The highest BCUT2D eigenvalue weighted by atomic mass is 19.4. The van der Waals surface area contributed by atoms with Crippen molar-refractivity contribution in [3.05, 3.63) is 168 Å². The van der Waals surface area contributed by atoms with Gasteiger partial charge in [0.1, 0.15) is 31.0 Å². The molecule has 14 nitrogen and oxygen atoms in total. The second kappa shape index (κ2) is 21.9. The number of nitrogens with zero attached hydrogens (tertiary/aromatic N) is 7. The van der Waals surface area contributed by atoms with Gasteiger partial charge in [-0.1, -0.05) is 38.1 Å². The molecule has 0 spiro atoms. The number of nitro groups is 2. The summed E-state index contributed by atoms with van der Waals surface area (Å²) in [6.07, 6.45) is -21.1. The molecule has 29 heteroatoms. The average molecular weight is 1060 g/mol. The molecule has 0 aliphatic carbocycles. The van der Waals surface area contributed by atoms with E-state index in [9.17, 15) is 95.7 Å².